The number of esters is 1. The first-order chi connectivity index (χ1) is 9.76. The average Bonchev–Trinajstić information content (AvgIpc) is 2.48. The molecule has 0 aliphatic carbocycles. The summed E-state index contributed by atoms with van der Waals surface area (Å²) in [7, 11) is 1.90. The van der Waals surface area contributed by atoms with Gasteiger partial charge < -0.3 is 19.7 Å². The molecule has 0 radical (unpaired) electrons. The predicted octanol–water partition coefficient (Wildman–Crippen LogP) is 0.683. The molecule has 0 amide bonds. The van der Waals surface area contributed by atoms with Crippen LogP contribution >= 0.6 is 0 Å². The van der Waals surface area contributed by atoms with Gasteiger partial charge in [0.1, 0.15) is 11.4 Å². The number of aromatic nitrogens is 1. The number of morpholine rings is 1. The van der Waals surface area contributed by atoms with Crippen LogP contribution in [-0.4, -0.2) is 57.0 Å². The van der Waals surface area contributed by atoms with Crippen LogP contribution in [0.5, 0.6) is 0 Å². The van der Waals surface area contributed by atoms with Gasteiger partial charge in [-0.1, -0.05) is 0 Å². The summed E-state index contributed by atoms with van der Waals surface area (Å²) in [5.41, 5.74) is 0.513. The molecule has 0 spiro atoms. The Bertz CT molecular complexity index is 451. The number of hydrogen-bond acceptors (Lipinski definition) is 6. The maximum Gasteiger partial charge on any atom is 0.341 e. The van der Waals surface area contributed by atoms with E-state index in [1.165, 1.54) is 0 Å². The normalized spacial score (nSPS) is 18.9. The fourth-order valence-corrected chi connectivity index (χ4v) is 2.28. The van der Waals surface area contributed by atoms with Crippen LogP contribution in [-0.2, 0) is 9.47 Å². The van der Waals surface area contributed by atoms with Crippen molar-refractivity contribution >= 4 is 11.8 Å². The summed E-state index contributed by atoms with van der Waals surface area (Å²) in [6, 6.07) is 3.50. The van der Waals surface area contributed by atoms with Gasteiger partial charge in [0, 0.05) is 25.8 Å². The van der Waals surface area contributed by atoms with E-state index in [1.807, 2.05) is 7.05 Å². The van der Waals surface area contributed by atoms with Gasteiger partial charge in [0.05, 0.1) is 19.3 Å². The largest absolute Gasteiger partial charge is 0.462 e. The number of anilines is 1. The van der Waals surface area contributed by atoms with E-state index in [2.05, 4.69) is 15.2 Å². The number of nitrogens with one attached hydrogen (secondary N) is 1. The van der Waals surface area contributed by atoms with E-state index < -0.39 is 0 Å². The second-order valence-corrected chi connectivity index (χ2v) is 4.59. The van der Waals surface area contributed by atoms with Gasteiger partial charge in [-0.2, -0.15) is 0 Å². The summed E-state index contributed by atoms with van der Waals surface area (Å²) in [5.74, 6) is 0.350. The van der Waals surface area contributed by atoms with Crippen molar-refractivity contribution in [3.63, 3.8) is 0 Å². The van der Waals surface area contributed by atoms with Gasteiger partial charge >= 0.3 is 5.97 Å². The van der Waals surface area contributed by atoms with Gasteiger partial charge in [-0.05, 0) is 26.1 Å². The Morgan fingerprint density at radius 2 is 2.50 bits per heavy atom. The number of rotatable bonds is 5. The van der Waals surface area contributed by atoms with E-state index in [0.717, 1.165) is 13.1 Å². The Labute approximate surface area is 119 Å². The molecule has 1 aliphatic rings. The van der Waals surface area contributed by atoms with Crippen LogP contribution in [0.25, 0.3) is 0 Å². The first-order valence-corrected chi connectivity index (χ1v) is 6.89. The Hall–Kier alpha value is -1.66. The molecular formula is C14H21N3O3. The molecule has 0 aromatic carbocycles. The average molecular weight is 279 g/mol. The SMILES string of the molecule is CCOC(=O)c1cccnc1N1CCOC(CNC)C1. The standard InChI is InChI=1S/C14H21N3O3/c1-3-19-14(18)12-5-4-6-16-13(12)17-7-8-20-11(10-17)9-15-2/h4-6,11,15H,3,7-10H2,1-2H3. The fraction of sp³-hybridized carbons (Fsp3) is 0.571. The van der Waals surface area contributed by atoms with Gasteiger partial charge in [-0.25, -0.2) is 9.78 Å². The number of carbonyl (C=O) groups is 1. The molecule has 2 heterocycles. The van der Waals surface area contributed by atoms with Gasteiger partial charge in [0.25, 0.3) is 0 Å². The smallest absolute Gasteiger partial charge is 0.341 e. The van der Waals surface area contributed by atoms with Crippen LogP contribution in [0.3, 0.4) is 0 Å². The topological polar surface area (TPSA) is 63.7 Å². The number of pyridine rings is 1. The third-order valence-corrected chi connectivity index (χ3v) is 3.15. The van der Waals surface area contributed by atoms with E-state index in [0.29, 0.717) is 31.1 Å². The lowest BCUT2D eigenvalue weighted by molar-refractivity contribution is 0.0412. The second kappa shape index (κ2) is 7.21. The van der Waals surface area contributed by atoms with Gasteiger partial charge in [0.2, 0.25) is 0 Å². The molecule has 2 rings (SSSR count). The molecule has 1 aromatic heterocycles. The summed E-state index contributed by atoms with van der Waals surface area (Å²) in [6.45, 7) is 5.00. The number of nitrogens with zero attached hydrogens (tertiary/aromatic N) is 2. The van der Waals surface area contributed by atoms with Crippen LogP contribution < -0.4 is 10.2 Å². The highest BCUT2D eigenvalue weighted by Crippen LogP contribution is 2.20. The van der Waals surface area contributed by atoms with E-state index >= 15 is 0 Å². The third kappa shape index (κ3) is 3.46. The third-order valence-electron chi connectivity index (χ3n) is 3.15. The monoisotopic (exact) mass is 279 g/mol. The van der Waals surface area contributed by atoms with Crippen molar-refractivity contribution in [3.8, 4) is 0 Å². The van der Waals surface area contributed by atoms with Crippen molar-refractivity contribution in [1.82, 2.24) is 10.3 Å². The van der Waals surface area contributed by atoms with E-state index in [9.17, 15) is 4.79 Å². The van der Waals surface area contributed by atoms with Crippen LogP contribution in [0.4, 0.5) is 5.82 Å². The second-order valence-electron chi connectivity index (χ2n) is 4.59. The van der Waals surface area contributed by atoms with Crippen molar-refractivity contribution in [3.05, 3.63) is 23.9 Å². The summed E-state index contributed by atoms with van der Waals surface area (Å²) in [4.78, 5) is 18.4. The highest BCUT2D eigenvalue weighted by atomic mass is 16.5. The van der Waals surface area contributed by atoms with Crippen molar-refractivity contribution in [2.45, 2.75) is 13.0 Å². The van der Waals surface area contributed by atoms with Crippen LogP contribution in [0.2, 0.25) is 0 Å². The lowest BCUT2D eigenvalue weighted by atomic mass is 10.2. The molecule has 0 bridgehead atoms. The summed E-state index contributed by atoms with van der Waals surface area (Å²) in [5, 5.41) is 3.10. The zero-order valence-electron chi connectivity index (χ0n) is 12.0. The van der Waals surface area contributed by atoms with Gasteiger partial charge in [-0.3, -0.25) is 0 Å². The minimum atomic E-state index is -0.327. The molecule has 1 atom stereocenters. The summed E-state index contributed by atoms with van der Waals surface area (Å²) >= 11 is 0. The lowest BCUT2D eigenvalue weighted by Crippen LogP contribution is -2.47. The number of hydrogen-bond donors (Lipinski definition) is 1. The summed E-state index contributed by atoms with van der Waals surface area (Å²) in [6.07, 6.45) is 1.80. The Kier molecular flexibility index (Phi) is 5.31. The van der Waals surface area contributed by atoms with E-state index in [4.69, 9.17) is 9.47 Å². The maximum atomic E-state index is 12.0. The van der Waals surface area contributed by atoms with Gasteiger partial charge in [0.15, 0.2) is 0 Å². The number of likely N-dealkylation sites (N-methyl/N-ethyl adjacent to an activating group) is 1. The lowest BCUT2D eigenvalue weighted by Gasteiger charge is -2.34. The van der Waals surface area contributed by atoms with Crippen molar-refractivity contribution in [1.29, 1.82) is 0 Å². The molecule has 110 valence electrons. The van der Waals surface area contributed by atoms with Crippen LogP contribution in [0, 0.1) is 0 Å². The molecule has 1 unspecified atom stereocenters. The Morgan fingerprint density at radius 3 is 3.25 bits per heavy atom. The molecule has 1 aromatic rings. The zero-order chi connectivity index (χ0) is 14.4. The molecule has 0 saturated carbocycles. The molecule has 1 N–H and O–H groups in total. The molecule has 6 heteroatoms. The molecule has 1 fully saturated rings. The predicted molar refractivity (Wildman–Crippen MR) is 76.1 cm³/mol. The summed E-state index contributed by atoms with van der Waals surface area (Å²) < 4.78 is 10.8. The first kappa shape index (κ1) is 14.7. The number of ether oxygens (including phenoxy) is 2. The minimum absolute atomic E-state index is 0.103. The first-order valence-electron chi connectivity index (χ1n) is 6.89. The highest BCUT2D eigenvalue weighted by molar-refractivity contribution is 5.94. The fourth-order valence-electron chi connectivity index (χ4n) is 2.28. The van der Waals surface area contributed by atoms with E-state index in [1.54, 1.807) is 25.3 Å². The molecule has 1 saturated heterocycles. The zero-order valence-corrected chi connectivity index (χ0v) is 12.0. The van der Waals surface area contributed by atoms with Gasteiger partial charge in [-0.15, -0.1) is 0 Å². The van der Waals surface area contributed by atoms with Crippen molar-refractivity contribution in [2.24, 2.45) is 0 Å². The Morgan fingerprint density at radius 1 is 1.65 bits per heavy atom. The highest BCUT2D eigenvalue weighted by Gasteiger charge is 2.25. The minimum Gasteiger partial charge on any atom is -0.462 e. The Balaban J connectivity index is 2.17. The number of carbonyl (C=O) groups excluding carboxylic acids is 1. The van der Waals surface area contributed by atoms with Crippen LogP contribution in [0.15, 0.2) is 18.3 Å². The molecule has 6 nitrogen and oxygen atoms in total. The van der Waals surface area contributed by atoms with Crippen molar-refractivity contribution in [2.75, 3.05) is 44.8 Å². The molecule has 20 heavy (non-hydrogen) atoms. The van der Waals surface area contributed by atoms with Crippen LogP contribution in [0.1, 0.15) is 17.3 Å². The molecular weight excluding hydrogens is 258 g/mol. The van der Waals surface area contributed by atoms with Crippen molar-refractivity contribution < 1.29 is 14.3 Å². The maximum absolute atomic E-state index is 12.0. The van der Waals surface area contributed by atoms with E-state index in [-0.39, 0.29) is 12.1 Å². The molecule has 1 aliphatic heterocycles. The quantitative estimate of drug-likeness (QED) is 0.800.